The van der Waals surface area contributed by atoms with Crippen LogP contribution in [0.5, 0.6) is 5.75 Å². The van der Waals surface area contributed by atoms with Crippen molar-refractivity contribution in [2.75, 3.05) is 13.2 Å². The lowest BCUT2D eigenvalue weighted by molar-refractivity contribution is 0.130. The first kappa shape index (κ1) is 16.3. The molecule has 0 aromatic heterocycles. The zero-order valence-electron chi connectivity index (χ0n) is 13.5. The molecule has 118 valence electrons. The van der Waals surface area contributed by atoms with Gasteiger partial charge in [-0.15, -0.1) is 0 Å². The maximum Gasteiger partial charge on any atom is 0.119 e. The van der Waals surface area contributed by atoms with Crippen molar-refractivity contribution in [3.63, 3.8) is 0 Å². The second kappa shape index (κ2) is 7.81. The Bertz CT molecular complexity index is 416. The van der Waals surface area contributed by atoms with E-state index in [1.807, 2.05) is 12.1 Å². The monoisotopic (exact) mass is 291 g/mol. The SMILES string of the molecule is CC(C)COc1ccc(C(C)NCC2CCCC2O)cc1. The smallest absolute Gasteiger partial charge is 0.119 e. The molecule has 2 rings (SSSR count). The number of rotatable bonds is 7. The summed E-state index contributed by atoms with van der Waals surface area (Å²) in [5, 5.41) is 13.4. The quantitative estimate of drug-likeness (QED) is 0.807. The highest BCUT2D eigenvalue weighted by Crippen LogP contribution is 2.26. The Balaban J connectivity index is 1.80. The summed E-state index contributed by atoms with van der Waals surface area (Å²) in [6.45, 7) is 8.13. The van der Waals surface area contributed by atoms with Gasteiger partial charge in [0.15, 0.2) is 0 Å². The van der Waals surface area contributed by atoms with Gasteiger partial charge >= 0.3 is 0 Å². The molecule has 1 aliphatic rings. The van der Waals surface area contributed by atoms with Crippen molar-refractivity contribution in [3.05, 3.63) is 29.8 Å². The second-order valence-corrected chi connectivity index (χ2v) is 6.66. The molecule has 3 nitrogen and oxygen atoms in total. The zero-order valence-corrected chi connectivity index (χ0v) is 13.5. The Hall–Kier alpha value is -1.06. The molecule has 2 N–H and O–H groups in total. The number of hydrogen-bond acceptors (Lipinski definition) is 3. The first-order valence-electron chi connectivity index (χ1n) is 8.20. The summed E-state index contributed by atoms with van der Waals surface area (Å²) in [6, 6.07) is 8.63. The number of aliphatic hydroxyl groups is 1. The maximum absolute atomic E-state index is 9.86. The third kappa shape index (κ3) is 5.01. The summed E-state index contributed by atoms with van der Waals surface area (Å²) in [5.74, 6) is 1.90. The van der Waals surface area contributed by atoms with Crippen molar-refractivity contribution >= 4 is 0 Å². The Morgan fingerprint density at radius 2 is 1.90 bits per heavy atom. The van der Waals surface area contributed by atoms with Gasteiger partial charge in [0, 0.05) is 12.6 Å². The van der Waals surface area contributed by atoms with Crippen LogP contribution in [0.25, 0.3) is 0 Å². The normalized spacial score (nSPS) is 23.5. The van der Waals surface area contributed by atoms with Crippen LogP contribution < -0.4 is 10.1 Å². The summed E-state index contributed by atoms with van der Waals surface area (Å²) >= 11 is 0. The first-order valence-corrected chi connectivity index (χ1v) is 8.20. The minimum absolute atomic E-state index is 0.114. The van der Waals surface area contributed by atoms with Crippen molar-refractivity contribution in [2.24, 2.45) is 11.8 Å². The van der Waals surface area contributed by atoms with Crippen LogP contribution in [0.4, 0.5) is 0 Å². The van der Waals surface area contributed by atoms with E-state index in [0.717, 1.165) is 38.2 Å². The Kier molecular flexibility index (Phi) is 6.07. The molecule has 3 unspecified atom stereocenters. The summed E-state index contributed by atoms with van der Waals surface area (Å²) < 4.78 is 5.70. The lowest BCUT2D eigenvalue weighted by atomic mass is 10.0. The fraction of sp³-hybridized carbons (Fsp3) is 0.667. The van der Waals surface area contributed by atoms with E-state index in [1.54, 1.807) is 0 Å². The van der Waals surface area contributed by atoms with Crippen molar-refractivity contribution < 1.29 is 9.84 Å². The summed E-state index contributed by atoms with van der Waals surface area (Å²) in [4.78, 5) is 0. The molecule has 0 aliphatic heterocycles. The fourth-order valence-corrected chi connectivity index (χ4v) is 2.82. The van der Waals surface area contributed by atoms with Crippen LogP contribution in [0.2, 0.25) is 0 Å². The van der Waals surface area contributed by atoms with Gasteiger partial charge < -0.3 is 15.2 Å². The van der Waals surface area contributed by atoms with Gasteiger partial charge in [-0.3, -0.25) is 0 Å². The van der Waals surface area contributed by atoms with Gasteiger partial charge in [0.1, 0.15) is 5.75 Å². The van der Waals surface area contributed by atoms with Crippen molar-refractivity contribution in [3.8, 4) is 5.75 Å². The van der Waals surface area contributed by atoms with Crippen molar-refractivity contribution in [2.45, 2.75) is 52.2 Å². The molecule has 0 saturated heterocycles. The van der Waals surface area contributed by atoms with E-state index in [2.05, 4.69) is 38.2 Å². The van der Waals surface area contributed by atoms with Gasteiger partial charge in [0.2, 0.25) is 0 Å². The first-order chi connectivity index (χ1) is 10.1. The molecule has 21 heavy (non-hydrogen) atoms. The van der Waals surface area contributed by atoms with Crippen molar-refractivity contribution in [1.82, 2.24) is 5.32 Å². The van der Waals surface area contributed by atoms with E-state index in [-0.39, 0.29) is 6.10 Å². The summed E-state index contributed by atoms with van der Waals surface area (Å²) in [5.41, 5.74) is 1.26. The number of ether oxygens (including phenoxy) is 1. The molecule has 1 saturated carbocycles. The van der Waals surface area contributed by atoms with Gasteiger partial charge in [-0.25, -0.2) is 0 Å². The molecule has 0 bridgehead atoms. The number of hydrogen-bond donors (Lipinski definition) is 2. The lowest BCUT2D eigenvalue weighted by Crippen LogP contribution is -2.29. The van der Waals surface area contributed by atoms with Crippen LogP contribution in [0, 0.1) is 11.8 Å². The van der Waals surface area contributed by atoms with Gasteiger partial charge in [-0.1, -0.05) is 32.4 Å². The Labute approximate surface area is 128 Å². The van der Waals surface area contributed by atoms with Crippen LogP contribution >= 0.6 is 0 Å². The van der Waals surface area contributed by atoms with E-state index >= 15 is 0 Å². The van der Waals surface area contributed by atoms with Gasteiger partial charge in [-0.05, 0) is 49.3 Å². The van der Waals surface area contributed by atoms with Crippen molar-refractivity contribution in [1.29, 1.82) is 0 Å². The predicted molar refractivity (Wildman–Crippen MR) is 86.5 cm³/mol. The highest BCUT2D eigenvalue weighted by Gasteiger charge is 2.25. The molecule has 1 aromatic carbocycles. The highest BCUT2D eigenvalue weighted by molar-refractivity contribution is 5.28. The summed E-state index contributed by atoms with van der Waals surface area (Å²) in [7, 11) is 0. The minimum Gasteiger partial charge on any atom is -0.493 e. The average Bonchev–Trinajstić information content (AvgIpc) is 2.88. The Morgan fingerprint density at radius 3 is 2.48 bits per heavy atom. The van der Waals surface area contributed by atoms with Crippen LogP contribution in [-0.4, -0.2) is 24.4 Å². The molecule has 0 heterocycles. The van der Waals surface area contributed by atoms with E-state index in [0.29, 0.717) is 17.9 Å². The molecule has 1 fully saturated rings. The third-order valence-corrected chi connectivity index (χ3v) is 4.27. The molecular formula is C18H29NO2. The van der Waals surface area contributed by atoms with Gasteiger partial charge in [-0.2, -0.15) is 0 Å². The predicted octanol–water partition coefficient (Wildman–Crippen LogP) is 3.53. The van der Waals surface area contributed by atoms with E-state index in [4.69, 9.17) is 4.74 Å². The second-order valence-electron chi connectivity index (χ2n) is 6.66. The van der Waals surface area contributed by atoms with E-state index < -0.39 is 0 Å². The van der Waals surface area contributed by atoms with Gasteiger partial charge in [0.25, 0.3) is 0 Å². The Morgan fingerprint density at radius 1 is 1.19 bits per heavy atom. The number of benzene rings is 1. The lowest BCUT2D eigenvalue weighted by Gasteiger charge is -2.20. The molecule has 1 aliphatic carbocycles. The van der Waals surface area contributed by atoms with Crippen LogP contribution in [0.3, 0.4) is 0 Å². The third-order valence-electron chi connectivity index (χ3n) is 4.27. The van der Waals surface area contributed by atoms with Gasteiger partial charge in [0.05, 0.1) is 12.7 Å². The summed E-state index contributed by atoms with van der Waals surface area (Å²) in [6.07, 6.45) is 3.14. The molecule has 3 heteroatoms. The van der Waals surface area contributed by atoms with E-state index in [1.165, 1.54) is 5.56 Å². The highest BCUT2D eigenvalue weighted by atomic mass is 16.5. The average molecular weight is 291 g/mol. The molecule has 3 atom stereocenters. The molecule has 0 spiro atoms. The maximum atomic E-state index is 9.86. The molecule has 1 aromatic rings. The van der Waals surface area contributed by atoms with Crippen LogP contribution in [-0.2, 0) is 0 Å². The fourth-order valence-electron chi connectivity index (χ4n) is 2.82. The molecular weight excluding hydrogens is 262 g/mol. The zero-order chi connectivity index (χ0) is 15.2. The molecule has 0 amide bonds. The minimum atomic E-state index is -0.114. The van der Waals surface area contributed by atoms with Crippen LogP contribution in [0.15, 0.2) is 24.3 Å². The number of nitrogens with one attached hydrogen (secondary N) is 1. The van der Waals surface area contributed by atoms with Crippen LogP contribution in [0.1, 0.15) is 51.6 Å². The topological polar surface area (TPSA) is 41.5 Å². The largest absolute Gasteiger partial charge is 0.493 e. The van der Waals surface area contributed by atoms with E-state index in [9.17, 15) is 5.11 Å². The molecule has 0 radical (unpaired) electrons. The number of aliphatic hydroxyl groups excluding tert-OH is 1. The standard InChI is InChI=1S/C18H29NO2/c1-13(2)12-21-17-9-7-15(8-10-17)14(3)19-11-16-5-4-6-18(16)20/h7-10,13-14,16,18-20H,4-6,11-12H2,1-3H3.